The van der Waals surface area contributed by atoms with Crippen LogP contribution in [-0.4, -0.2) is 30.7 Å². The van der Waals surface area contributed by atoms with Crippen molar-refractivity contribution in [1.82, 2.24) is 15.8 Å². The lowest BCUT2D eigenvalue weighted by Gasteiger charge is -2.07. The van der Waals surface area contributed by atoms with E-state index < -0.39 is 0 Å². The molecule has 0 atom stereocenters. The molecule has 1 heterocycles. The first-order chi connectivity index (χ1) is 11.6. The molecule has 2 aromatic rings. The largest absolute Gasteiger partial charge is 0.482 e. The number of carbonyl (C=O) groups is 1. The highest BCUT2D eigenvalue weighted by atomic mass is 35.5. The van der Waals surface area contributed by atoms with Gasteiger partial charge in [-0.1, -0.05) is 41.3 Å². The average Bonchev–Trinajstić information content (AvgIpc) is 3.03. The summed E-state index contributed by atoms with van der Waals surface area (Å²) in [5, 5.41) is 10.5. The second-order valence-electron chi connectivity index (χ2n) is 5.02. The number of benzene rings is 1. The molecule has 2 rings (SSSR count). The normalized spacial score (nSPS) is 10.6. The Kier molecular flexibility index (Phi) is 7.36. The van der Waals surface area contributed by atoms with Crippen LogP contribution in [0.15, 0.2) is 28.8 Å². The topological polar surface area (TPSA) is 76.4 Å². The summed E-state index contributed by atoms with van der Waals surface area (Å²) in [7, 11) is 0. The number of aromatic nitrogens is 1. The summed E-state index contributed by atoms with van der Waals surface area (Å²) >= 11 is 12.0. The molecule has 8 heteroatoms. The van der Waals surface area contributed by atoms with Crippen molar-refractivity contribution in [2.24, 2.45) is 0 Å². The van der Waals surface area contributed by atoms with Crippen molar-refractivity contribution >= 4 is 29.1 Å². The number of halogens is 2. The third kappa shape index (κ3) is 5.40. The fourth-order valence-corrected chi connectivity index (χ4v) is 2.42. The van der Waals surface area contributed by atoms with Crippen LogP contribution in [0.25, 0.3) is 0 Å². The lowest BCUT2D eigenvalue weighted by atomic mass is 10.3. The zero-order chi connectivity index (χ0) is 17.4. The third-order valence-corrected chi connectivity index (χ3v) is 3.68. The number of para-hydroxylation sites is 1. The Labute approximate surface area is 150 Å². The standard InChI is InChI=1S/C16H19Cl2N3O3/c1-2-6-19-7-8-20-16(22)14-9-11(24-21-14)10-23-15-12(17)4-3-5-13(15)18/h3-5,9,19H,2,6-8,10H2,1H3,(H,20,22). The van der Waals surface area contributed by atoms with Crippen LogP contribution in [0.1, 0.15) is 29.6 Å². The fraction of sp³-hybridized carbons (Fsp3) is 0.375. The number of carbonyl (C=O) groups excluding carboxylic acids is 1. The average molecular weight is 372 g/mol. The van der Waals surface area contributed by atoms with Gasteiger partial charge in [-0.3, -0.25) is 4.79 Å². The molecular formula is C16H19Cl2N3O3. The quantitative estimate of drug-likeness (QED) is 0.661. The zero-order valence-electron chi connectivity index (χ0n) is 13.3. The van der Waals surface area contributed by atoms with Gasteiger partial charge in [0.25, 0.3) is 5.91 Å². The molecule has 0 aliphatic rings. The minimum Gasteiger partial charge on any atom is -0.482 e. The second-order valence-corrected chi connectivity index (χ2v) is 5.84. The van der Waals surface area contributed by atoms with Crippen LogP contribution in [0, 0.1) is 0 Å². The number of nitrogens with one attached hydrogen (secondary N) is 2. The molecule has 0 aliphatic heterocycles. The van der Waals surface area contributed by atoms with E-state index in [1.54, 1.807) is 18.2 Å². The van der Waals surface area contributed by atoms with Crippen molar-refractivity contribution in [3.05, 3.63) is 45.8 Å². The molecule has 2 N–H and O–H groups in total. The molecule has 0 aliphatic carbocycles. The summed E-state index contributed by atoms with van der Waals surface area (Å²) in [5.41, 5.74) is 0.203. The van der Waals surface area contributed by atoms with E-state index in [0.29, 0.717) is 34.6 Å². The second kappa shape index (κ2) is 9.52. The third-order valence-electron chi connectivity index (χ3n) is 3.08. The zero-order valence-corrected chi connectivity index (χ0v) is 14.8. The molecule has 0 bridgehead atoms. The molecular weight excluding hydrogens is 353 g/mol. The van der Waals surface area contributed by atoms with Crippen molar-refractivity contribution in [2.75, 3.05) is 19.6 Å². The Hall–Kier alpha value is -1.76. The molecule has 0 unspecified atom stereocenters. The minimum atomic E-state index is -0.293. The number of hydrogen-bond donors (Lipinski definition) is 2. The van der Waals surface area contributed by atoms with E-state index in [1.165, 1.54) is 6.07 Å². The van der Waals surface area contributed by atoms with E-state index >= 15 is 0 Å². The van der Waals surface area contributed by atoms with Crippen LogP contribution in [0.3, 0.4) is 0 Å². The summed E-state index contributed by atoms with van der Waals surface area (Å²) < 4.78 is 10.6. The van der Waals surface area contributed by atoms with Crippen LogP contribution < -0.4 is 15.4 Å². The molecule has 24 heavy (non-hydrogen) atoms. The van der Waals surface area contributed by atoms with Gasteiger partial charge in [0.1, 0.15) is 6.61 Å². The van der Waals surface area contributed by atoms with Gasteiger partial charge in [-0.25, -0.2) is 0 Å². The summed E-state index contributed by atoms with van der Waals surface area (Å²) in [6.45, 7) is 4.30. The van der Waals surface area contributed by atoms with Gasteiger partial charge < -0.3 is 19.9 Å². The van der Waals surface area contributed by atoms with Gasteiger partial charge in [-0.05, 0) is 25.1 Å². The van der Waals surface area contributed by atoms with Gasteiger partial charge in [0, 0.05) is 19.2 Å². The van der Waals surface area contributed by atoms with Crippen LogP contribution in [0.4, 0.5) is 0 Å². The SMILES string of the molecule is CCCNCCNC(=O)c1cc(COc2c(Cl)cccc2Cl)on1. The van der Waals surface area contributed by atoms with E-state index in [1.807, 2.05) is 0 Å². The Morgan fingerprint density at radius 3 is 2.71 bits per heavy atom. The van der Waals surface area contributed by atoms with Crippen molar-refractivity contribution in [2.45, 2.75) is 20.0 Å². The van der Waals surface area contributed by atoms with Gasteiger partial charge in [0.2, 0.25) is 0 Å². The molecule has 6 nitrogen and oxygen atoms in total. The van der Waals surface area contributed by atoms with Crippen molar-refractivity contribution in [1.29, 1.82) is 0 Å². The van der Waals surface area contributed by atoms with Crippen molar-refractivity contribution in [3.8, 4) is 5.75 Å². The van der Waals surface area contributed by atoms with Crippen LogP contribution >= 0.6 is 23.2 Å². The van der Waals surface area contributed by atoms with Gasteiger partial charge in [0.05, 0.1) is 10.0 Å². The van der Waals surface area contributed by atoms with E-state index in [4.69, 9.17) is 32.5 Å². The maximum absolute atomic E-state index is 11.9. The lowest BCUT2D eigenvalue weighted by Crippen LogP contribution is -2.32. The maximum Gasteiger partial charge on any atom is 0.273 e. The number of nitrogens with zero attached hydrogens (tertiary/aromatic N) is 1. The Balaban J connectivity index is 1.83. The predicted octanol–water partition coefficient (Wildman–Crippen LogP) is 3.29. The van der Waals surface area contributed by atoms with Crippen LogP contribution in [0.2, 0.25) is 10.0 Å². The molecule has 1 aromatic heterocycles. The van der Waals surface area contributed by atoms with Gasteiger partial charge in [0.15, 0.2) is 17.2 Å². The first-order valence-corrected chi connectivity index (χ1v) is 8.38. The van der Waals surface area contributed by atoms with E-state index in [-0.39, 0.29) is 18.2 Å². The highest BCUT2D eigenvalue weighted by molar-refractivity contribution is 6.37. The Morgan fingerprint density at radius 1 is 1.25 bits per heavy atom. The monoisotopic (exact) mass is 371 g/mol. The Morgan fingerprint density at radius 2 is 2.00 bits per heavy atom. The predicted molar refractivity (Wildman–Crippen MR) is 92.8 cm³/mol. The molecule has 0 radical (unpaired) electrons. The number of ether oxygens (including phenoxy) is 1. The highest BCUT2D eigenvalue weighted by Gasteiger charge is 2.14. The molecule has 130 valence electrons. The summed E-state index contributed by atoms with van der Waals surface area (Å²) in [5.74, 6) is 0.476. The molecule has 0 saturated heterocycles. The van der Waals surface area contributed by atoms with E-state index in [2.05, 4.69) is 22.7 Å². The summed E-state index contributed by atoms with van der Waals surface area (Å²) in [6, 6.07) is 6.60. The van der Waals surface area contributed by atoms with Gasteiger partial charge >= 0.3 is 0 Å². The molecule has 0 saturated carbocycles. The van der Waals surface area contributed by atoms with Gasteiger partial charge in [-0.2, -0.15) is 0 Å². The smallest absolute Gasteiger partial charge is 0.273 e. The van der Waals surface area contributed by atoms with E-state index in [0.717, 1.165) is 13.0 Å². The molecule has 0 spiro atoms. The molecule has 0 fully saturated rings. The number of hydrogen-bond acceptors (Lipinski definition) is 5. The summed E-state index contributed by atoms with van der Waals surface area (Å²) in [4.78, 5) is 11.9. The van der Waals surface area contributed by atoms with E-state index in [9.17, 15) is 4.79 Å². The first kappa shape index (κ1) is 18.6. The Bertz CT molecular complexity index is 656. The first-order valence-electron chi connectivity index (χ1n) is 7.63. The highest BCUT2D eigenvalue weighted by Crippen LogP contribution is 2.32. The maximum atomic E-state index is 11.9. The van der Waals surface area contributed by atoms with Crippen LogP contribution in [-0.2, 0) is 6.61 Å². The lowest BCUT2D eigenvalue weighted by molar-refractivity contribution is 0.0944. The van der Waals surface area contributed by atoms with Crippen molar-refractivity contribution in [3.63, 3.8) is 0 Å². The number of rotatable bonds is 9. The van der Waals surface area contributed by atoms with Crippen molar-refractivity contribution < 1.29 is 14.1 Å². The summed E-state index contributed by atoms with van der Waals surface area (Å²) in [6.07, 6.45) is 1.05. The minimum absolute atomic E-state index is 0.0712. The van der Waals surface area contributed by atoms with Crippen LogP contribution in [0.5, 0.6) is 5.75 Å². The fourth-order valence-electron chi connectivity index (χ4n) is 1.91. The molecule has 1 aromatic carbocycles. The molecule has 1 amide bonds. The van der Waals surface area contributed by atoms with Gasteiger partial charge in [-0.15, -0.1) is 0 Å². The number of amides is 1.